The Kier molecular flexibility index (Phi) is 6.59. The molecule has 0 saturated carbocycles. The Morgan fingerprint density at radius 3 is 2.55 bits per heavy atom. The maximum atomic E-state index is 11.8. The van der Waals surface area contributed by atoms with E-state index < -0.39 is 11.7 Å². The van der Waals surface area contributed by atoms with Crippen LogP contribution < -0.4 is 5.32 Å². The SMILES string of the molecule is CC(C)(C)OC(=O)N[C@H](C=CCCl)Cc1ccccc1. The molecule has 3 nitrogen and oxygen atoms in total. The molecule has 0 heterocycles. The molecule has 4 heteroatoms. The van der Waals surface area contributed by atoms with E-state index in [4.69, 9.17) is 16.3 Å². The summed E-state index contributed by atoms with van der Waals surface area (Å²) < 4.78 is 5.27. The predicted octanol–water partition coefficient (Wildman–Crippen LogP) is 3.92. The van der Waals surface area contributed by atoms with Gasteiger partial charge in [0.1, 0.15) is 5.60 Å². The molecule has 0 aromatic heterocycles. The monoisotopic (exact) mass is 295 g/mol. The summed E-state index contributed by atoms with van der Waals surface area (Å²) in [5.74, 6) is 0.418. The Hall–Kier alpha value is -1.48. The van der Waals surface area contributed by atoms with Crippen LogP contribution in [0, 0.1) is 0 Å². The van der Waals surface area contributed by atoms with E-state index in [-0.39, 0.29) is 6.04 Å². The minimum Gasteiger partial charge on any atom is -0.444 e. The predicted molar refractivity (Wildman–Crippen MR) is 83.2 cm³/mol. The maximum Gasteiger partial charge on any atom is 0.408 e. The molecule has 0 fully saturated rings. The van der Waals surface area contributed by atoms with Crippen LogP contribution in [0.3, 0.4) is 0 Å². The molecule has 0 unspecified atom stereocenters. The lowest BCUT2D eigenvalue weighted by Crippen LogP contribution is -2.39. The van der Waals surface area contributed by atoms with Crippen LogP contribution in [0.25, 0.3) is 0 Å². The zero-order valence-electron chi connectivity index (χ0n) is 12.2. The molecule has 1 atom stereocenters. The first-order valence-electron chi connectivity index (χ1n) is 6.67. The quantitative estimate of drug-likeness (QED) is 0.660. The number of hydrogen-bond acceptors (Lipinski definition) is 2. The summed E-state index contributed by atoms with van der Waals surface area (Å²) in [5.41, 5.74) is 0.644. The van der Waals surface area contributed by atoms with Crippen molar-refractivity contribution in [2.24, 2.45) is 0 Å². The molecule has 110 valence electrons. The molecule has 1 aromatic carbocycles. The first-order valence-corrected chi connectivity index (χ1v) is 7.20. The van der Waals surface area contributed by atoms with Gasteiger partial charge in [0.25, 0.3) is 0 Å². The number of halogens is 1. The van der Waals surface area contributed by atoms with Crippen LogP contribution >= 0.6 is 11.6 Å². The second-order valence-electron chi connectivity index (χ2n) is 5.52. The van der Waals surface area contributed by atoms with Crippen molar-refractivity contribution in [1.29, 1.82) is 0 Å². The summed E-state index contributed by atoms with van der Waals surface area (Å²) in [4.78, 5) is 11.8. The fourth-order valence-corrected chi connectivity index (χ4v) is 1.81. The number of benzene rings is 1. The number of alkyl halides is 1. The largest absolute Gasteiger partial charge is 0.444 e. The lowest BCUT2D eigenvalue weighted by Gasteiger charge is -2.22. The second-order valence-corrected chi connectivity index (χ2v) is 5.83. The van der Waals surface area contributed by atoms with Gasteiger partial charge in [0.2, 0.25) is 0 Å². The van der Waals surface area contributed by atoms with Gasteiger partial charge >= 0.3 is 6.09 Å². The number of allylic oxidation sites excluding steroid dienone is 1. The summed E-state index contributed by atoms with van der Waals surface area (Å²) >= 11 is 5.66. The minimum atomic E-state index is -0.502. The highest BCUT2D eigenvalue weighted by Crippen LogP contribution is 2.09. The van der Waals surface area contributed by atoms with Crippen molar-refractivity contribution < 1.29 is 9.53 Å². The molecular weight excluding hydrogens is 274 g/mol. The van der Waals surface area contributed by atoms with Crippen LogP contribution in [-0.2, 0) is 11.2 Å². The van der Waals surface area contributed by atoms with E-state index in [2.05, 4.69) is 5.32 Å². The van der Waals surface area contributed by atoms with E-state index in [0.29, 0.717) is 12.3 Å². The fraction of sp³-hybridized carbons (Fsp3) is 0.438. The Morgan fingerprint density at radius 1 is 1.35 bits per heavy atom. The van der Waals surface area contributed by atoms with E-state index in [9.17, 15) is 4.79 Å². The Bertz CT molecular complexity index is 438. The second kappa shape index (κ2) is 7.95. The molecule has 0 bridgehead atoms. The van der Waals surface area contributed by atoms with Gasteiger partial charge in [0.05, 0.1) is 6.04 Å². The van der Waals surface area contributed by atoms with Gasteiger partial charge in [-0.05, 0) is 32.8 Å². The van der Waals surface area contributed by atoms with Crippen molar-refractivity contribution in [2.45, 2.75) is 38.8 Å². The number of nitrogens with one attached hydrogen (secondary N) is 1. The number of rotatable bonds is 5. The van der Waals surface area contributed by atoms with Gasteiger partial charge in [-0.15, -0.1) is 11.6 Å². The standard InChI is InChI=1S/C16H22ClNO2/c1-16(2,3)20-15(19)18-14(10-7-11-17)12-13-8-5-4-6-9-13/h4-10,14H,11-12H2,1-3H3,(H,18,19)/t14-/m1/s1. The molecule has 1 aromatic rings. The Morgan fingerprint density at radius 2 is 2.00 bits per heavy atom. The third kappa shape index (κ3) is 7.19. The maximum absolute atomic E-state index is 11.8. The highest BCUT2D eigenvalue weighted by atomic mass is 35.5. The van der Waals surface area contributed by atoms with Crippen molar-refractivity contribution in [3.63, 3.8) is 0 Å². The van der Waals surface area contributed by atoms with E-state index in [0.717, 1.165) is 5.56 Å². The third-order valence-electron chi connectivity index (χ3n) is 2.46. The third-order valence-corrected chi connectivity index (χ3v) is 2.64. The number of hydrogen-bond donors (Lipinski definition) is 1. The van der Waals surface area contributed by atoms with Crippen molar-refractivity contribution in [3.8, 4) is 0 Å². The molecule has 0 radical (unpaired) electrons. The van der Waals surface area contributed by atoms with Gasteiger partial charge in [-0.2, -0.15) is 0 Å². The summed E-state index contributed by atoms with van der Waals surface area (Å²) in [5, 5.41) is 2.85. The summed E-state index contributed by atoms with van der Waals surface area (Å²) in [6.45, 7) is 5.52. The van der Waals surface area contributed by atoms with Crippen molar-refractivity contribution in [3.05, 3.63) is 48.0 Å². The molecule has 1 amide bonds. The highest BCUT2D eigenvalue weighted by molar-refractivity contribution is 6.18. The average Bonchev–Trinajstić information content (AvgIpc) is 2.35. The van der Waals surface area contributed by atoms with Crippen LogP contribution in [0.2, 0.25) is 0 Å². The lowest BCUT2D eigenvalue weighted by molar-refractivity contribution is 0.0514. The summed E-state index contributed by atoms with van der Waals surface area (Å²) in [7, 11) is 0. The van der Waals surface area contributed by atoms with E-state index in [1.165, 1.54) is 0 Å². The molecule has 0 saturated heterocycles. The zero-order chi connectivity index (χ0) is 15.0. The molecule has 1 N–H and O–H groups in total. The Labute approximate surface area is 126 Å². The highest BCUT2D eigenvalue weighted by Gasteiger charge is 2.18. The van der Waals surface area contributed by atoms with Gasteiger partial charge in [-0.1, -0.05) is 42.5 Å². The van der Waals surface area contributed by atoms with E-state index >= 15 is 0 Å². The number of alkyl carbamates (subject to hydrolysis) is 1. The first-order chi connectivity index (χ1) is 9.40. The lowest BCUT2D eigenvalue weighted by atomic mass is 10.1. The zero-order valence-corrected chi connectivity index (χ0v) is 13.0. The average molecular weight is 296 g/mol. The van der Waals surface area contributed by atoms with Gasteiger partial charge in [-0.25, -0.2) is 4.79 Å². The van der Waals surface area contributed by atoms with Crippen molar-refractivity contribution in [1.82, 2.24) is 5.32 Å². The van der Waals surface area contributed by atoms with Gasteiger partial charge in [0.15, 0.2) is 0 Å². The van der Waals surface area contributed by atoms with Crippen molar-refractivity contribution >= 4 is 17.7 Å². The van der Waals surface area contributed by atoms with E-state index in [1.807, 2.05) is 63.3 Å². The number of ether oxygens (including phenoxy) is 1. The Balaban J connectivity index is 2.65. The van der Waals surface area contributed by atoms with Gasteiger partial charge in [0, 0.05) is 5.88 Å². The van der Waals surface area contributed by atoms with Gasteiger partial charge < -0.3 is 10.1 Å². The minimum absolute atomic E-state index is 0.133. The van der Waals surface area contributed by atoms with Crippen LogP contribution in [0.1, 0.15) is 26.3 Å². The number of carbonyl (C=O) groups excluding carboxylic acids is 1. The number of amides is 1. The molecule has 0 aliphatic rings. The smallest absolute Gasteiger partial charge is 0.408 e. The molecule has 0 aliphatic heterocycles. The van der Waals surface area contributed by atoms with Gasteiger partial charge in [-0.3, -0.25) is 0 Å². The normalized spacial score (nSPS) is 13.2. The summed E-state index contributed by atoms with van der Waals surface area (Å²) in [6.07, 6.45) is 4.00. The molecule has 0 aliphatic carbocycles. The molecular formula is C16H22ClNO2. The first kappa shape index (κ1) is 16.6. The topological polar surface area (TPSA) is 38.3 Å². The molecule has 0 spiro atoms. The molecule has 20 heavy (non-hydrogen) atoms. The van der Waals surface area contributed by atoms with Crippen LogP contribution in [0.5, 0.6) is 0 Å². The van der Waals surface area contributed by atoms with Crippen LogP contribution in [0.15, 0.2) is 42.5 Å². The van der Waals surface area contributed by atoms with Crippen LogP contribution in [0.4, 0.5) is 4.79 Å². The summed E-state index contributed by atoms with van der Waals surface area (Å²) in [6, 6.07) is 9.84. The fourth-order valence-electron chi connectivity index (χ4n) is 1.71. The van der Waals surface area contributed by atoms with E-state index in [1.54, 1.807) is 0 Å². The molecule has 1 rings (SSSR count). The van der Waals surface area contributed by atoms with Crippen LogP contribution in [-0.4, -0.2) is 23.6 Å². The van der Waals surface area contributed by atoms with Crippen molar-refractivity contribution in [2.75, 3.05) is 5.88 Å². The number of carbonyl (C=O) groups is 1.